The van der Waals surface area contributed by atoms with Gasteiger partial charge in [-0.1, -0.05) is 18.5 Å². The Bertz CT molecular complexity index is 506. The minimum atomic E-state index is 0.187. The Hall–Kier alpha value is 0.130. The van der Waals surface area contributed by atoms with Crippen LogP contribution in [-0.2, 0) is 0 Å². The van der Waals surface area contributed by atoms with Gasteiger partial charge in [-0.05, 0) is 51.3 Å². The third kappa shape index (κ3) is 2.76. The van der Waals surface area contributed by atoms with E-state index in [4.69, 9.17) is 11.6 Å². The maximum absolute atomic E-state index is 6.37. The summed E-state index contributed by atoms with van der Waals surface area (Å²) in [5.41, 5.74) is 2.42. The molecule has 17 heavy (non-hydrogen) atoms. The summed E-state index contributed by atoms with van der Waals surface area (Å²) >= 11 is 13.4. The predicted molar refractivity (Wildman–Crippen MR) is 81.6 cm³/mol. The summed E-state index contributed by atoms with van der Waals surface area (Å²) in [5.74, 6) is 0. The average Bonchev–Trinajstić information content (AvgIpc) is 2.85. The van der Waals surface area contributed by atoms with Gasteiger partial charge in [0.05, 0.1) is 11.1 Å². The molecule has 0 radical (unpaired) electrons. The average molecular weight is 351 g/mol. The van der Waals surface area contributed by atoms with E-state index in [0.29, 0.717) is 0 Å². The van der Waals surface area contributed by atoms with Gasteiger partial charge in [0.2, 0.25) is 0 Å². The van der Waals surface area contributed by atoms with Crippen LogP contribution in [-0.4, -0.2) is 6.54 Å². The Morgan fingerprint density at radius 2 is 2.18 bits per heavy atom. The van der Waals surface area contributed by atoms with E-state index in [9.17, 15) is 0 Å². The van der Waals surface area contributed by atoms with E-state index in [1.54, 1.807) is 22.7 Å². The number of rotatable bonds is 4. The molecule has 2 rings (SSSR count). The number of thiophene rings is 2. The Morgan fingerprint density at radius 3 is 2.65 bits per heavy atom. The van der Waals surface area contributed by atoms with Gasteiger partial charge >= 0.3 is 0 Å². The number of hydrogen-bond donors (Lipinski definition) is 1. The van der Waals surface area contributed by atoms with Crippen molar-refractivity contribution in [3.63, 3.8) is 0 Å². The predicted octanol–water partition coefficient (Wildman–Crippen LogP) is 5.23. The van der Waals surface area contributed by atoms with Gasteiger partial charge in [0.25, 0.3) is 0 Å². The van der Waals surface area contributed by atoms with E-state index >= 15 is 0 Å². The molecular weight excluding hydrogens is 338 g/mol. The van der Waals surface area contributed by atoms with Crippen molar-refractivity contribution in [2.45, 2.75) is 19.9 Å². The van der Waals surface area contributed by atoms with Crippen LogP contribution in [0.2, 0.25) is 5.02 Å². The van der Waals surface area contributed by atoms with Crippen LogP contribution in [0.25, 0.3) is 0 Å². The second-order valence-corrected chi connectivity index (χ2v) is 6.65. The molecule has 2 aromatic rings. The number of nitrogens with one attached hydrogen (secondary N) is 1. The van der Waals surface area contributed by atoms with Crippen molar-refractivity contribution in [3.8, 4) is 0 Å². The van der Waals surface area contributed by atoms with Gasteiger partial charge in [0.15, 0.2) is 0 Å². The molecule has 0 aliphatic rings. The zero-order chi connectivity index (χ0) is 12.4. The Labute approximate surface area is 123 Å². The lowest BCUT2D eigenvalue weighted by Crippen LogP contribution is -2.21. The Balaban J connectivity index is 2.43. The van der Waals surface area contributed by atoms with Crippen LogP contribution in [0.3, 0.4) is 0 Å². The van der Waals surface area contributed by atoms with Crippen LogP contribution in [0.1, 0.15) is 29.0 Å². The van der Waals surface area contributed by atoms with Crippen molar-refractivity contribution in [1.82, 2.24) is 5.32 Å². The van der Waals surface area contributed by atoms with Crippen LogP contribution in [0.4, 0.5) is 0 Å². The highest BCUT2D eigenvalue weighted by molar-refractivity contribution is 9.10. The zero-order valence-electron chi connectivity index (χ0n) is 9.59. The minimum Gasteiger partial charge on any atom is -0.306 e. The monoisotopic (exact) mass is 349 g/mol. The summed E-state index contributed by atoms with van der Waals surface area (Å²) in [6.07, 6.45) is 0. The number of aryl methyl sites for hydroxylation is 1. The summed E-state index contributed by atoms with van der Waals surface area (Å²) in [4.78, 5) is 1.20. The van der Waals surface area contributed by atoms with Crippen LogP contribution >= 0.6 is 50.2 Å². The molecule has 0 saturated carbocycles. The summed E-state index contributed by atoms with van der Waals surface area (Å²) in [6, 6.07) is 0.187. The molecule has 0 aromatic carbocycles. The standard InChI is InChI=1S/C12H13BrClNS2/c1-3-15-11(8-5-16-6-9(8)13)12-10(14)7(2)4-17-12/h4-6,11,15H,3H2,1-2H3. The maximum Gasteiger partial charge on any atom is 0.0705 e. The van der Waals surface area contributed by atoms with E-state index < -0.39 is 0 Å². The quantitative estimate of drug-likeness (QED) is 0.796. The number of hydrogen-bond acceptors (Lipinski definition) is 3. The van der Waals surface area contributed by atoms with Gasteiger partial charge < -0.3 is 5.32 Å². The molecule has 2 aromatic heterocycles. The molecule has 5 heteroatoms. The first-order chi connectivity index (χ1) is 8.15. The Morgan fingerprint density at radius 1 is 1.41 bits per heavy atom. The van der Waals surface area contributed by atoms with Gasteiger partial charge in [0, 0.05) is 14.7 Å². The Kier molecular flexibility index (Phi) is 4.66. The van der Waals surface area contributed by atoms with E-state index in [-0.39, 0.29) is 6.04 Å². The van der Waals surface area contributed by atoms with Crippen LogP contribution < -0.4 is 5.32 Å². The molecule has 0 aliphatic carbocycles. The lowest BCUT2D eigenvalue weighted by molar-refractivity contribution is 0.639. The van der Waals surface area contributed by atoms with Crippen molar-refractivity contribution >= 4 is 50.2 Å². The molecule has 0 spiro atoms. The smallest absolute Gasteiger partial charge is 0.0705 e. The largest absolute Gasteiger partial charge is 0.306 e. The molecule has 1 N–H and O–H groups in total. The topological polar surface area (TPSA) is 12.0 Å². The molecule has 1 nitrogen and oxygen atoms in total. The lowest BCUT2D eigenvalue weighted by atomic mass is 10.1. The van der Waals surface area contributed by atoms with Gasteiger partial charge in [-0.15, -0.1) is 11.3 Å². The van der Waals surface area contributed by atoms with Crippen molar-refractivity contribution in [3.05, 3.63) is 41.6 Å². The van der Waals surface area contributed by atoms with E-state index in [1.165, 1.54) is 10.4 Å². The molecule has 92 valence electrons. The first-order valence-electron chi connectivity index (χ1n) is 5.33. The summed E-state index contributed by atoms with van der Waals surface area (Å²) in [5, 5.41) is 10.8. The molecule has 0 bridgehead atoms. The van der Waals surface area contributed by atoms with E-state index in [1.807, 2.05) is 6.92 Å². The van der Waals surface area contributed by atoms with Crippen molar-refractivity contribution < 1.29 is 0 Å². The highest BCUT2D eigenvalue weighted by atomic mass is 79.9. The van der Waals surface area contributed by atoms with Crippen LogP contribution in [0, 0.1) is 6.92 Å². The van der Waals surface area contributed by atoms with Gasteiger partial charge in [-0.2, -0.15) is 11.3 Å². The van der Waals surface area contributed by atoms with Gasteiger partial charge in [0.1, 0.15) is 0 Å². The first kappa shape index (κ1) is 13.6. The maximum atomic E-state index is 6.37. The van der Waals surface area contributed by atoms with Crippen LogP contribution in [0.5, 0.6) is 0 Å². The minimum absolute atomic E-state index is 0.187. The molecule has 1 atom stereocenters. The normalized spacial score (nSPS) is 12.9. The summed E-state index contributed by atoms with van der Waals surface area (Å²) in [7, 11) is 0. The van der Waals surface area contributed by atoms with E-state index in [0.717, 1.165) is 21.6 Å². The van der Waals surface area contributed by atoms with Crippen LogP contribution in [0.15, 0.2) is 20.6 Å². The van der Waals surface area contributed by atoms with Gasteiger partial charge in [-0.25, -0.2) is 0 Å². The van der Waals surface area contributed by atoms with Crippen molar-refractivity contribution in [2.75, 3.05) is 6.54 Å². The third-order valence-corrected chi connectivity index (χ3v) is 6.08. The molecule has 0 saturated heterocycles. The van der Waals surface area contributed by atoms with Crippen molar-refractivity contribution in [2.24, 2.45) is 0 Å². The fourth-order valence-corrected chi connectivity index (χ4v) is 4.64. The van der Waals surface area contributed by atoms with Crippen molar-refractivity contribution in [1.29, 1.82) is 0 Å². The molecule has 0 aliphatic heterocycles. The lowest BCUT2D eigenvalue weighted by Gasteiger charge is -2.17. The molecule has 0 fully saturated rings. The zero-order valence-corrected chi connectivity index (χ0v) is 13.6. The highest BCUT2D eigenvalue weighted by Gasteiger charge is 2.21. The first-order valence-corrected chi connectivity index (χ1v) is 8.33. The number of halogens is 2. The second-order valence-electron chi connectivity index (χ2n) is 3.76. The summed E-state index contributed by atoms with van der Waals surface area (Å²) in [6.45, 7) is 5.08. The summed E-state index contributed by atoms with van der Waals surface area (Å²) < 4.78 is 1.15. The molecular formula is C12H13BrClNS2. The SMILES string of the molecule is CCNC(c1cscc1Br)c1scc(C)c1Cl. The van der Waals surface area contributed by atoms with Gasteiger partial charge in [-0.3, -0.25) is 0 Å². The molecule has 1 unspecified atom stereocenters. The van der Waals surface area contributed by atoms with E-state index in [2.05, 4.69) is 44.3 Å². The molecule has 0 amide bonds. The second kappa shape index (κ2) is 5.85. The molecule has 2 heterocycles. The fraction of sp³-hybridized carbons (Fsp3) is 0.333. The third-order valence-electron chi connectivity index (χ3n) is 2.55. The highest BCUT2D eigenvalue weighted by Crippen LogP contribution is 2.39. The fourth-order valence-electron chi connectivity index (χ4n) is 1.69.